The van der Waals surface area contributed by atoms with Crippen molar-refractivity contribution in [2.24, 2.45) is 7.05 Å². The number of hydrogen-bond donors (Lipinski definition) is 0. The van der Waals surface area contributed by atoms with Gasteiger partial charge in [0.1, 0.15) is 5.69 Å². The monoisotopic (exact) mass is 333 g/mol. The Labute approximate surface area is 148 Å². The topological polar surface area (TPSA) is 46.8 Å². The van der Waals surface area contributed by atoms with Crippen LogP contribution in [0.15, 0.2) is 55.2 Å². The van der Waals surface area contributed by atoms with Crippen LogP contribution in [-0.2, 0) is 13.6 Å². The fourth-order valence-corrected chi connectivity index (χ4v) is 3.64. The van der Waals surface area contributed by atoms with Crippen molar-refractivity contribution in [3.8, 4) is 11.4 Å². The Bertz CT molecular complexity index is 819. The molecular weight excluding hydrogens is 310 g/mol. The molecule has 2 aromatic heterocycles. The SMILES string of the molecule is Cn1cncc1-c1nccnc1C1CCN(Cc2ccccc2)CC1. The minimum atomic E-state index is 0.464. The van der Waals surface area contributed by atoms with Crippen LogP contribution >= 0.6 is 0 Å². The summed E-state index contributed by atoms with van der Waals surface area (Å²) >= 11 is 0. The van der Waals surface area contributed by atoms with Crippen molar-refractivity contribution in [3.63, 3.8) is 0 Å². The van der Waals surface area contributed by atoms with Gasteiger partial charge in [-0.1, -0.05) is 30.3 Å². The quantitative estimate of drug-likeness (QED) is 0.735. The van der Waals surface area contributed by atoms with Crippen LogP contribution in [0.3, 0.4) is 0 Å². The summed E-state index contributed by atoms with van der Waals surface area (Å²) in [6, 6.07) is 10.7. The molecule has 1 aromatic carbocycles. The summed E-state index contributed by atoms with van der Waals surface area (Å²) in [5, 5.41) is 0. The van der Waals surface area contributed by atoms with E-state index in [1.54, 1.807) is 6.20 Å². The molecule has 0 N–H and O–H groups in total. The van der Waals surface area contributed by atoms with Crippen LogP contribution in [0.5, 0.6) is 0 Å². The van der Waals surface area contributed by atoms with E-state index >= 15 is 0 Å². The third kappa shape index (κ3) is 3.46. The lowest BCUT2D eigenvalue weighted by Gasteiger charge is -2.32. The van der Waals surface area contributed by atoms with Gasteiger partial charge < -0.3 is 4.57 Å². The van der Waals surface area contributed by atoms with Gasteiger partial charge in [0.25, 0.3) is 0 Å². The molecule has 0 spiro atoms. The molecule has 0 atom stereocenters. The summed E-state index contributed by atoms with van der Waals surface area (Å²) in [5.74, 6) is 0.464. The first-order chi connectivity index (χ1) is 12.3. The van der Waals surface area contributed by atoms with E-state index in [2.05, 4.69) is 50.2 Å². The van der Waals surface area contributed by atoms with Crippen LogP contribution in [0, 0.1) is 0 Å². The normalized spacial score (nSPS) is 16.2. The summed E-state index contributed by atoms with van der Waals surface area (Å²) < 4.78 is 2.01. The predicted molar refractivity (Wildman–Crippen MR) is 97.9 cm³/mol. The highest BCUT2D eigenvalue weighted by Crippen LogP contribution is 2.32. The molecule has 1 aliphatic rings. The Balaban J connectivity index is 1.47. The number of likely N-dealkylation sites (tertiary alicyclic amines) is 1. The van der Waals surface area contributed by atoms with Crippen molar-refractivity contribution in [1.29, 1.82) is 0 Å². The molecule has 1 fully saturated rings. The molecule has 3 aromatic rings. The number of aryl methyl sites for hydroxylation is 1. The summed E-state index contributed by atoms with van der Waals surface area (Å²) in [6.45, 7) is 3.23. The molecule has 0 unspecified atom stereocenters. The van der Waals surface area contributed by atoms with E-state index in [9.17, 15) is 0 Å². The van der Waals surface area contributed by atoms with Crippen molar-refractivity contribution in [1.82, 2.24) is 24.4 Å². The molecule has 1 saturated heterocycles. The summed E-state index contributed by atoms with van der Waals surface area (Å²) in [7, 11) is 2.00. The Morgan fingerprint density at radius 1 is 1.04 bits per heavy atom. The van der Waals surface area contributed by atoms with Crippen molar-refractivity contribution in [2.75, 3.05) is 13.1 Å². The van der Waals surface area contributed by atoms with Gasteiger partial charge in [-0.2, -0.15) is 0 Å². The van der Waals surface area contributed by atoms with Gasteiger partial charge in [-0.15, -0.1) is 0 Å². The van der Waals surface area contributed by atoms with E-state index in [-0.39, 0.29) is 0 Å². The van der Waals surface area contributed by atoms with E-state index in [4.69, 9.17) is 0 Å². The molecule has 5 heteroatoms. The zero-order valence-corrected chi connectivity index (χ0v) is 14.5. The number of piperidine rings is 1. The summed E-state index contributed by atoms with van der Waals surface area (Å²) in [4.78, 5) is 16.1. The van der Waals surface area contributed by atoms with Gasteiger partial charge in [-0.05, 0) is 31.5 Å². The highest BCUT2D eigenvalue weighted by molar-refractivity contribution is 5.57. The van der Waals surface area contributed by atoms with Crippen LogP contribution in [-0.4, -0.2) is 37.5 Å². The van der Waals surface area contributed by atoms with Gasteiger partial charge in [0.15, 0.2) is 0 Å². The first-order valence-electron chi connectivity index (χ1n) is 8.85. The van der Waals surface area contributed by atoms with Gasteiger partial charge in [-0.25, -0.2) is 4.98 Å². The second-order valence-corrected chi connectivity index (χ2v) is 6.72. The molecular formula is C20H23N5. The van der Waals surface area contributed by atoms with Gasteiger partial charge >= 0.3 is 0 Å². The second-order valence-electron chi connectivity index (χ2n) is 6.72. The number of nitrogens with zero attached hydrogens (tertiary/aromatic N) is 5. The van der Waals surface area contributed by atoms with Crippen LogP contribution in [0.2, 0.25) is 0 Å². The third-order valence-corrected chi connectivity index (χ3v) is 5.01. The number of benzene rings is 1. The van der Waals surface area contributed by atoms with E-state index < -0.39 is 0 Å². The summed E-state index contributed by atoms with van der Waals surface area (Å²) in [6.07, 6.45) is 9.52. The van der Waals surface area contributed by atoms with Crippen LogP contribution < -0.4 is 0 Å². The average Bonchev–Trinajstić information content (AvgIpc) is 3.09. The van der Waals surface area contributed by atoms with Gasteiger partial charge in [0.2, 0.25) is 0 Å². The Hall–Kier alpha value is -2.53. The maximum Gasteiger partial charge on any atom is 0.110 e. The van der Waals surface area contributed by atoms with E-state index in [1.807, 2.05) is 30.3 Å². The molecule has 0 radical (unpaired) electrons. The standard InChI is InChI=1S/C20H23N5/c1-24-15-21-13-18(24)20-19(22-9-10-23-20)17-7-11-25(12-8-17)14-16-5-3-2-4-6-16/h2-6,9-10,13,15,17H,7-8,11-12,14H2,1H3. The smallest absolute Gasteiger partial charge is 0.110 e. The molecule has 0 amide bonds. The fraction of sp³-hybridized carbons (Fsp3) is 0.350. The largest absolute Gasteiger partial charge is 0.332 e. The molecule has 25 heavy (non-hydrogen) atoms. The molecule has 4 rings (SSSR count). The molecule has 128 valence electrons. The Morgan fingerprint density at radius 3 is 2.52 bits per heavy atom. The Kier molecular flexibility index (Phi) is 4.57. The first kappa shape index (κ1) is 16.0. The highest BCUT2D eigenvalue weighted by Gasteiger charge is 2.25. The van der Waals surface area contributed by atoms with E-state index in [0.29, 0.717) is 5.92 Å². The maximum atomic E-state index is 4.69. The minimum Gasteiger partial charge on any atom is -0.332 e. The maximum absolute atomic E-state index is 4.69. The molecule has 0 saturated carbocycles. The van der Waals surface area contributed by atoms with E-state index in [0.717, 1.165) is 49.6 Å². The number of hydrogen-bond acceptors (Lipinski definition) is 4. The van der Waals surface area contributed by atoms with Crippen molar-refractivity contribution >= 4 is 0 Å². The van der Waals surface area contributed by atoms with Gasteiger partial charge in [0, 0.05) is 31.9 Å². The lowest BCUT2D eigenvalue weighted by atomic mass is 9.91. The number of imidazole rings is 1. The van der Waals surface area contributed by atoms with Crippen molar-refractivity contribution in [2.45, 2.75) is 25.3 Å². The van der Waals surface area contributed by atoms with Gasteiger partial charge in [-0.3, -0.25) is 14.9 Å². The van der Waals surface area contributed by atoms with Crippen LogP contribution in [0.25, 0.3) is 11.4 Å². The molecule has 3 heterocycles. The molecule has 1 aliphatic heterocycles. The number of aromatic nitrogens is 4. The van der Waals surface area contributed by atoms with Crippen molar-refractivity contribution in [3.05, 3.63) is 66.5 Å². The molecule has 0 bridgehead atoms. The second kappa shape index (κ2) is 7.15. The molecule has 5 nitrogen and oxygen atoms in total. The number of rotatable bonds is 4. The van der Waals surface area contributed by atoms with Gasteiger partial charge in [0.05, 0.1) is 23.9 Å². The first-order valence-corrected chi connectivity index (χ1v) is 8.85. The average molecular weight is 333 g/mol. The lowest BCUT2D eigenvalue weighted by Crippen LogP contribution is -2.32. The van der Waals surface area contributed by atoms with Crippen LogP contribution in [0.4, 0.5) is 0 Å². The van der Waals surface area contributed by atoms with Crippen molar-refractivity contribution < 1.29 is 0 Å². The van der Waals surface area contributed by atoms with Crippen LogP contribution in [0.1, 0.15) is 30.0 Å². The zero-order valence-electron chi connectivity index (χ0n) is 14.5. The Morgan fingerprint density at radius 2 is 1.80 bits per heavy atom. The fourth-order valence-electron chi connectivity index (χ4n) is 3.64. The minimum absolute atomic E-state index is 0.464. The summed E-state index contributed by atoms with van der Waals surface area (Å²) in [5.41, 5.74) is 4.51. The third-order valence-electron chi connectivity index (χ3n) is 5.01. The van der Waals surface area contributed by atoms with E-state index in [1.165, 1.54) is 5.56 Å². The highest BCUT2D eigenvalue weighted by atomic mass is 15.1. The lowest BCUT2D eigenvalue weighted by molar-refractivity contribution is 0.203. The zero-order chi connectivity index (χ0) is 17.1. The predicted octanol–water partition coefficient (Wildman–Crippen LogP) is 3.26. The molecule has 0 aliphatic carbocycles.